The van der Waals surface area contributed by atoms with E-state index in [1.807, 2.05) is 11.0 Å². The molecule has 7 rings (SSSR count). The van der Waals surface area contributed by atoms with Crippen LogP contribution < -0.4 is 14.2 Å². The van der Waals surface area contributed by atoms with E-state index < -0.39 is 23.5 Å². The smallest absolute Gasteiger partial charge is 0.493 e. The third-order valence-corrected chi connectivity index (χ3v) is 10.7. The van der Waals surface area contributed by atoms with Gasteiger partial charge in [-0.2, -0.15) is 0 Å². The normalized spacial score (nSPS) is 30.3. The minimum absolute atomic E-state index is 0.0221. The fourth-order valence-corrected chi connectivity index (χ4v) is 8.79. The molecule has 1 spiro atoms. The van der Waals surface area contributed by atoms with Crippen LogP contribution in [-0.4, -0.2) is 77.7 Å². The minimum atomic E-state index is -4.80. The Morgan fingerprint density at radius 1 is 1.20 bits per heavy atom. The van der Waals surface area contributed by atoms with Gasteiger partial charge in [0.05, 0.1) is 24.2 Å². The molecule has 7 nitrogen and oxygen atoms in total. The first-order chi connectivity index (χ1) is 21.4. The highest BCUT2D eigenvalue weighted by Gasteiger charge is 2.73. The summed E-state index contributed by atoms with van der Waals surface area (Å²) < 4.78 is 55.1. The summed E-state index contributed by atoms with van der Waals surface area (Å²) in [4.78, 5) is 18.4. The number of halogens is 3. The average molecular weight is 627 g/mol. The quantitative estimate of drug-likeness (QED) is 0.359. The molecule has 0 radical (unpaired) electrons. The zero-order chi connectivity index (χ0) is 31.7. The summed E-state index contributed by atoms with van der Waals surface area (Å²) in [7, 11) is 1.63. The van der Waals surface area contributed by atoms with Crippen molar-refractivity contribution in [3.63, 3.8) is 0 Å². The first-order valence-electron chi connectivity index (χ1n) is 16.1. The maximum absolute atomic E-state index is 14.0. The van der Waals surface area contributed by atoms with E-state index in [9.17, 15) is 23.1 Å². The Bertz CT molecular complexity index is 1510. The molecule has 5 atom stereocenters. The molecule has 2 aromatic carbocycles. The predicted molar refractivity (Wildman–Crippen MR) is 162 cm³/mol. The van der Waals surface area contributed by atoms with Gasteiger partial charge in [0.15, 0.2) is 11.5 Å². The fourth-order valence-electron chi connectivity index (χ4n) is 8.79. The van der Waals surface area contributed by atoms with Gasteiger partial charge in [0.25, 0.3) is 0 Å². The number of carbonyl (C=O) groups is 1. The van der Waals surface area contributed by atoms with Crippen LogP contribution in [0.1, 0.15) is 62.6 Å². The molecular weight excluding hydrogens is 585 g/mol. The van der Waals surface area contributed by atoms with Gasteiger partial charge in [-0.15, -0.1) is 13.2 Å². The standard InChI is InChI=1S/C35H41F3N2O5/c1-21(2)19-40(29(41)12-9-22-5-4-6-25(17-22)45-35(36,37)38)26-13-14-34(42)28-18-24-10-11-27(43-3)31-30(24)33(34,32(26)44-31)15-16-39(28)20-23-7-8-23/h4-6,9-12,17,21,23,26,28,32,42H,7-8,13-16,18-20H2,1-3H3/b12-9+/t26?,28-,32?,33+,34-/m1/s1. The van der Waals surface area contributed by atoms with Crippen LogP contribution in [0.25, 0.3) is 6.08 Å². The highest BCUT2D eigenvalue weighted by molar-refractivity contribution is 5.92. The Kier molecular flexibility index (Phi) is 7.39. The lowest BCUT2D eigenvalue weighted by Crippen LogP contribution is -2.78. The molecule has 5 aliphatic rings. The van der Waals surface area contributed by atoms with E-state index in [0.717, 1.165) is 31.5 Å². The summed E-state index contributed by atoms with van der Waals surface area (Å²) >= 11 is 0. The maximum atomic E-state index is 14.0. The molecule has 2 bridgehead atoms. The van der Waals surface area contributed by atoms with Crippen molar-refractivity contribution in [2.75, 3.05) is 26.7 Å². The van der Waals surface area contributed by atoms with Crippen LogP contribution in [-0.2, 0) is 16.6 Å². The molecule has 2 saturated carbocycles. The molecule has 45 heavy (non-hydrogen) atoms. The number of carbonyl (C=O) groups excluding carboxylic acids is 1. The molecule has 2 aromatic rings. The van der Waals surface area contributed by atoms with Crippen molar-refractivity contribution < 1.29 is 37.3 Å². The minimum Gasteiger partial charge on any atom is -0.493 e. The van der Waals surface area contributed by atoms with Crippen molar-refractivity contribution >= 4 is 12.0 Å². The van der Waals surface area contributed by atoms with Crippen LogP contribution in [0.3, 0.4) is 0 Å². The van der Waals surface area contributed by atoms with Crippen molar-refractivity contribution in [2.24, 2.45) is 11.8 Å². The number of hydrogen-bond acceptors (Lipinski definition) is 6. The lowest BCUT2D eigenvalue weighted by molar-refractivity contribution is -0.274. The second kappa shape index (κ2) is 10.9. The predicted octanol–water partition coefficient (Wildman–Crippen LogP) is 5.72. The van der Waals surface area contributed by atoms with Crippen molar-refractivity contribution in [3.8, 4) is 17.2 Å². The van der Waals surface area contributed by atoms with E-state index in [4.69, 9.17) is 9.47 Å². The Hall–Kier alpha value is -3.24. The SMILES string of the molecule is COc1ccc2c3c1OC1C(N(CC(C)C)C(=O)/C=C/c4cccc(OC(F)(F)F)c4)CC[C@@]4(O)[C@@H](C2)N(CC2CC2)CC[C@]314. The van der Waals surface area contributed by atoms with Crippen LogP contribution in [0.4, 0.5) is 13.2 Å². The van der Waals surface area contributed by atoms with E-state index in [0.29, 0.717) is 42.4 Å². The lowest BCUT2D eigenvalue weighted by Gasteiger charge is -2.65. The second-order valence-corrected chi connectivity index (χ2v) is 13.9. The van der Waals surface area contributed by atoms with Crippen LogP contribution in [0, 0.1) is 11.8 Å². The largest absolute Gasteiger partial charge is 0.573 e. The molecule has 242 valence electrons. The highest BCUT2D eigenvalue weighted by atomic mass is 19.4. The highest BCUT2D eigenvalue weighted by Crippen LogP contribution is 2.66. The summed E-state index contributed by atoms with van der Waals surface area (Å²) in [6.07, 6.45) is 2.77. The summed E-state index contributed by atoms with van der Waals surface area (Å²) in [5, 5.41) is 12.9. The zero-order valence-corrected chi connectivity index (χ0v) is 26.0. The molecule has 2 heterocycles. The van der Waals surface area contributed by atoms with Gasteiger partial charge in [-0.05, 0) is 92.3 Å². The van der Waals surface area contributed by atoms with Crippen molar-refractivity contribution in [1.82, 2.24) is 9.80 Å². The molecule has 0 aromatic heterocycles. The number of aliphatic hydroxyl groups is 1. The van der Waals surface area contributed by atoms with Gasteiger partial charge >= 0.3 is 6.36 Å². The molecule has 1 saturated heterocycles. The number of hydrogen-bond donors (Lipinski definition) is 1. The van der Waals surface area contributed by atoms with Crippen LogP contribution in [0.2, 0.25) is 0 Å². The van der Waals surface area contributed by atoms with Gasteiger partial charge in [0, 0.05) is 30.8 Å². The summed E-state index contributed by atoms with van der Waals surface area (Å²) in [5.74, 6) is 1.59. The second-order valence-electron chi connectivity index (χ2n) is 13.9. The number of amides is 1. The average Bonchev–Trinajstić information content (AvgIpc) is 3.73. The Morgan fingerprint density at radius 3 is 2.71 bits per heavy atom. The topological polar surface area (TPSA) is 71.5 Å². The van der Waals surface area contributed by atoms with Crippen molar-refractivity contribution in [3.05, 3.63) is 59.2 Å². The monoisotopic (exact) mass is 626 g/mol. The van der Waals surface area contributed by atoms with Crippen molar-refractivity contribution in [1.29, 1.82) is 0 Å². The first-order valence-corrected chi connectivity index (χ1v) is 16.1. The number of benzene rings is 2. The summed E-state index contributed by atoms with van der Waals surface area (Å²) in [6, 6.07) is 9.31. The molecule has 2 unspecified atom stereocenters. The van der Waals surface area contributed by atoms with Gasteiger partial charge in [-0.1, -0.05) is 32.0 Å². The van der Waals surface area contributed by atoms with Crippen LogP contribution >= 0.6 is 0 Å². The number of alkyl halides is 3. The van der Waals surface area contributed by atoms with Crippen LogP contribution in [0.15, 0.2) is 42.5 Å². The van der Waals surface area contributed by atoms with Crippen molar-refractivity contribution in [2.45, 2.75) is 87.9 Å². The third-order valence-electron chi connectivity index (χ3n) is 10.7. The Labute approximate surface area is 261 Å². The molecule has 10 heteroatoms. The van der Waals surface area contributed by atoms with E-state index in [1.54, 1.807) is 13.2 Å². The van der Waals surface area contributed by atoms with E-state index in [-0.39, 0.29) is 29.7 Å². The molecule has 1 N–H and O–H groups in total. The van der Waals surface area contributed by atoms with Gasteiger partial charge in [-0.3, -0.25) is 9.69 Å². The fraction of sp³-hybridized carbons (Fsp3) is 0.571. The Balaban J connectivity index is 1.24. The zero-order valence-electron chi connectivity index (χ0n) is 26.0. The lowest BCUT2D eigenvalue weighted by atomic mass is 9.48. The van der Waals surface area contributed by atoms with Gasteiger partial charge in [0.1, 0.15) is 11.9 Å². The summed E-state index contributed by atoms with van der Waals surface area (Å²) in [5.41, 5.74) is 0.971. The maximum Gasteiger partial charge on any atom is 0.573 e. The number of likely N-dealkylation sites (tertiary alicyclic amines) is 1. The van der Waals surface area contributed by atoms with E-state index in [2.05, 4.69) is 29.6 Å². The van der Waals surface area contributed by atoms with Gasteiger partial charge in [0.2, 0.25) is 5.91 Å². The molecule has 1 amide bonds. The molecule has 3 aliphatic carbocycles. The molecular formula is C35H41F3N2O5. The van der Waals surface area contributed by atoms with Gasteiger partial charge < -0.3 is 24.2 Å². The van der Waals surface area contributed by atoms with E-state index >= 15 is 0 Å². The van der Waals surface area contributed by atoms with Crippen LogP contribution in [0.5, 0.6) is 17.2 Å². The molecule has 2 aliphatic heterocycles. The number of piperidine rings is 1. The third kappa shape index (κ3) is 5.08. The number of rotatable bonds is 9. The molecule has 3 fully saturated rings. The van der Waals surface area contributed by atoms with E-state index in [1.165, 1.54) is 48.8 Å². The summed E-state index contributed by atoms with van der Waals surface area (Å²) in [6.45, 7) is 6.45. The number of ether oxygens (including phenoxy) is 3. The number of nitrogens with zero attached hydrogens (tertiary/aromatic N) is 2. The van der Waals surface area contributed by atoms with Gasteiger partial charge in [-0.25, -0.2) is 0 Å². The Morgan fingerprint density at radius 2 is 2.00 bits per heavy atom. The first kappa shape index (κ1) is 30.4. The number of methoxy groups -OCH3 is 1.